The number of hydrogen-bond donors (Lipinski definition) is 0. The Morgan fingerprint density at radius 1 is 1.17 bits per heavy atom. The predicted octanol–water partition coefficient (Wildman–Crippen LogP) is 4.08. The molecule has 5 nitrogen and oxygen atoms in total. The van der Waals surface area contributed by atoms with Gasteiger partial charge in [-0.3, -0.25) is 9.36 Å². The Kier molecular flexibility index (Phi) is 5.39. The lowest BCUT2D eigenvalue weighted by Gasteiger charge is -2.13. The molecule has 0 amide bonds. The van der Waals surface area contributed by atoms with Crippen LogP contribution in [0.3, 0.4) is 0 Å². The van der Waals surface area contributed by atoms with E-state index < -0.39 is 0 Å². The van der Waals surface area contributed by atoms with Crippen molar-refractivity contribution in [2.24, 2.45) is 0 Å². The van der Waals surface area contributed by atoms with Gasteiger partial charge in [-0.25, -0.2) is 4.98 Å². The van der Waals surface area contributed by atoms with Gasteiger partial charge in [0.1, 0.15) is 10.6 Å². The van der Waals surface area contributed by atoms with Gasteiger partial charge in [-0.05, 0) is 49.8 Å². The minimum atomic E-state index is 0.00911. The van der Waals surface area contributed by atoms with Crippen molar-refractivity contribution in [3.8, 4) is 5.75 Å². The van der Waals surface area contributed by atoms with Crippen LogP contribution in [0.2, 0.25) is 0 Å². The van der Waals surface area contributed by atoms with Crippen LogP contribution in [0.25, 0.3) is 21.0 Å². The van der Waals surface area contributed by atoms with Gasteiger partial charge in [0, 0.05) is 17.0 Å². The van der Waals surface area contributed by atoms with Crippen molar-refractivity contribution in [1.82, 2.24) is 14.5 Å². The summed E-state index contributed by atoms with van der Waals surface area (Å²) in [7, 11) is 5.79. The molecule has 0 N–H and O–H groups in total. The molecule has 2 heterocycles. The molecule has 0 atom stereocenters. The number of benzene rings is 2. The van der Waals surface area contributed by atoms with Gasteiger partial charge in [0.25, 0.3) is 5.56 Å². The van der Waals surface area contributed by atoms with Gasteiger partial charge in [0.15, 0.2) is 0 Å². The zero-order valence-corrected chi connectivity index (χ0v) is 18.0. The highest BCUT2D eigenvalue weighted by molar-refractivity contribution is 7.18. The molecule has 0 aliphatic rings. The van der Waals surface area contributed by atoms with Gasteiger partial charge in [-0.2, -0.15) is 0 Å². The van der Waals surface area contributed by atoms with Crippen molar-refractivity contribution in [3.63, 3.8) is 0 Å². The number of thiophene rings is 1. The Labute approximate surface area is 174 Å². The molecule has 0 fully saturated rings. The predicted molar refractivity (Wildman–Crippen MR) is 120 cm³/mol. The average molecular weight is 408 g/mol. The summed E-state index contributed by atoms with van der Waals surface area (Å²) in [5.74, 6) is 0.782. The lowest BCUT2D eigenvalue weighted by molar-refractivity contribution is 0.409. The first-order valence-electron chi connectivity index (χ1n) is 9.66. The van der Waals surface area contributed by atoms with Crippen LogP contribution in [0.15, 0.2) is 47.5 Å². The molecule has 29 heavy (non-hydrogen) atoms. The maximum Gasteiger partial charge on any atom is 0.262 e. The Morgan fingerprint density at radius 3 is 2.72 bits per heavy atom. The van der Waals surface area contributed by atoms with E-state index in [0.717, 1.165) is 50.8 Å². The molecule has 0 bridgehead atoms. The van der Waals surface area contributed by atoms with Gasteiger partial charge < -0.3 is 9.64 Å². The molecule has 0 saturated carbocycles. The molecule has 0 aliphatic heterocycles. The third kappa shape index (κ3) is 3.66. The monoisotopic (exact) mass is 407 g/mol. The molecule has 2 aromatic heterocycles. The first-order chi connectivity index (χ1) is 14.0. The van der Waals surface area contributed by atoms with E-state index in [1.807, 2.05) is 31.2 Å². The van der Waals surface area contributed by atoms with Gasteiger partial charge >= 0.3 is 0 Å². The first kappa shape index (κ1) is 19.6. The number of fused-ring (bicyclic) bond motifs is 2. The number of hydrogen-bond acceptors (Lipinski definition) is 5. The SMILES string of the molecule is COc1ccc2ccccc2c1Cn1cnc2sc(CCN(C)C)c(C)c2c1=O. The molecule has 2 aromatic carbocycles. The van der Waals surface area contributed by atoms with Crippen LogP contribution in [0.5, 0.6) is 5.75 Å². The van der Waals surface area contributed by atoms with Crippen LogP contribution in [0, 0.1) is 6.92 Å². The highest BCUT2D eigenvalue weighted by Gasteiger charge is 2.16. The normalized spacial score (nSPS) is 11.6. The van der Waals surface area contributed by atoms with E-state index in [1.165, 1.54) is 4.88 Å². The Hall–Kier alpha value is -2.70. The molecule has 0 unspecified atom stereocenters. The van der Waals surface area contributed by atoms with Crippen LogP contribution in [0.4, 0.5) is 0 Å². The van der Waals surface area contributed by atoms with Gasteiger partial charge in [-0.1, -0.05) is 30.3 Å². The minimum Gasteiger partial charge on any atom is -0.496 e. The summed E-state index contributed by atoms with van der Waals surface area (Å²) in [6.07, 6.45) is 2.59. The highest BCUT2D eigenvalue weighted by atomic mass is 32.1. The van der Waals surface area contributed by atoms with Crippen molar-refractivity contribution in [1.29, 1.82) is 0 Å². The smallest absolute Gasteiger partial charge is 0.262 e. The number of aryl methyl sites for hydroxylation is 1. The van der Waals surface area contributed by atoms with Crippen molar-refractivity contribution in [3.05, 3.63) is 69.1 Å². The third-order valence-electron chi connectivity index (χ3n) is 5.35. The topological polar surface area (TPSA) is 47.4 Å². The van der Waals surface area contributed by atoms with E-state index >= 15 is 0 Å². The highest BCUT2D eigenvalue weighted by Crippen LogP contribution is 2.30. The van der Waals surface area contributed by atoms with Gasteiger partial charge in [-0.15, -0.1) is 11.3 Å². The van der Waals surface area contributed by atoms with E-state index in [-0.39, 0.29) is 5.56 Å². The van der Waals surface area contributed by atoms with Crippen LogP contribution in [-0.4, -0.2) is 42.2 Å². The van der Waals surface area contributed by atoms with E-state index in [0.29, 0.717) is 6.54 Å². The third-order valence-corrected chi connectivity index (χ3v) is 6.61. The average Bonchev–Trinajstić information content (AvgIpc) is 3.05. The molecule has 0 saturated heterocycles. The number of methoxy groups -OCH3 is 1. The van der Waals surface area contributed by atoms with Crippen molar-refractivity contribution >= 4 is 32.3 Å². The fourth-order valence-electron chi connectivity index (χ4n) is 3.72. The van der Waals surface area contributed by atoms with E-state index in [1.54, 1.807) is 29.3 Å². The molecule has 4 rings (SSSR count). The molecule has 0 radical (unpaired) electrons. The summed E-state index contributed by atoms with van der Waals surface area (Å²) in [4.78, 5) is 22.1. The van der Waals surface area contributed by atoms with Crippen molar-refractivity contribution < 1.29 is 4.74 Å². The van der Waals surface area contributed by atoms with Crippen LogP contribution >= 0.6 is 11.3 Å². The summed E-state index contributed by atoms with van der Waals surface area (Å²) < 4.78 is 7.29. The lowest BCUT2D eigenvalue weighted by atomic mass is 10.0. The molecular formula is C23H25N3O2S. The van der Waals surface area contributed by atoms with Crippen LogP contribution in [0.1, 0.15) is 16.0 Å². The summed E-state index contributed by atoms with van der Waals surface area (Å²) in [6.45, 7) is 3.42. The van der Waals surface area contributed by atoms with Crippen LogP contribution in [-0.2, 0) is 13.0 Å². The maximum absolute atomic E-state index is 13.3. The van der Waals surface area contributed by atoms with E-state index in [2.05, 4.69) is 36.1 Å². The number of likely N-dealkylation sites (N-methyl/N-ethyl adjacent to an activating group) is 1. The number of ether oxygens (including phenoxy) is 1. The second kappa shape index (κ2) is 7.97. The van der Waals surface area contributed by atoms with Gasteiger partial charge in [0.2, 0.25) is 0 Å². The Balaban J connectivity index is 1.80. The van der Waals surface area contributed by atoms with Crippen LogP contribution < -0.4 is 10.3 Å². The number of nitrogens with zero attached hydrogens (tertiary/aromatic N) is 3. The lowest BCUT2D eigenvalue weighted by Crippen LogP contribution is -2.21. The van der Waals surface area contributed by atoms with E-state index in [9.17, 15) is 4.79 Å². The number of aromatic nitrogens is 2. The fourth-order valence-corrected chi connectivity index (χ4v) is 4.85. The molecule has 0 spiro atoms. The summed E-state index contributed by atoms with van der Waals surface area (Å²) in [6, 6.07) is 12.2. The second-order valence-electron chi connectivity index (χ2n) is 7.53. The minimum absolute atomic E-state index is 0.00911. The Bertz CT molecular complexity index is 1240. The Morgan fingerprint density at radius 2 is 1.97 bits per heavy atom. The zero-order chi connectivity index (χ0) is 20.5. The first-order valence-corrected chi connectivity index (χ1v) is 10.5. The molecule has 150 valence electrons. The second-order valence-corrected chi connectivity index (χ2v) is 8.61. The molecule has 6 heteroatoms. The standard InChI is InChI=1S/C23H25N3O2S/c1-15-20(11-12-25(2)3)29-22-21(15)23(27)26(14-24-22)13-18-17-8-6-5-7-16(17)9-10-19(18)28-4/h5-10,14H,11-13H2,1-4H3. The summed E-state index contributed by atoms with van der Waals surface area (Å²) in [5, 5.41) is 2.96. The quantitative estimate of drug-likeness (QED) is 0.483. The fraction of sp³-hybridized carbons (Fsp3) is 0.304. The molecule has 0 aliphatic carbocycles. The summed E-state index contributed by atoms with van der Waals surface area (Å²) in [5.41, 5.74) is 2.06. The number of rotatable bonds is 6. The maximum atomic E-state index is 13.3. The summed E-state index contributed by atoms with van der Waals surface area (Å²) >= 11 is 1.63. The van der Waals surface area contributed by atoms with E-state index in [4.69, 9.17) is 4.74 Å². The molecule has 4 aromatic rings. The largest absolute Gasteiger partial charge is 0.496 e. The van der Waals surface area contributed by atoms with Gasteiger partial charge in [0.05, 0.1) is 25.4 Å². The van der Waals surface area contributed by atoms with Crippen molar-refractivity contribution in [2.75, 3.05) is 27.7 Å². The van der Waals surface area contributed by atoms with Crippen molar-refractivity contribution in [2.45, 2.75) is 19.9 Å². The zero-order valence-electron chi connectivity index (χ0n) is 17.2. The molecular weight excluding hydrogens is 382 g/mol.